The van der Waals surface area contributed by atoms with Gasteiger partial charge in [-0.25, -0.2) is 0 Å². The normalized spacial score (nSPS) is 21.4. The van der Waals surface area contributed by atoms with Gasteiger partial charge >= 0.3 is 12.5 Å². The highest BCUT2D eigenvalue weighted by Gasteiger charge is 2.45. The van der Waals surface area contributed by atoms with Crippen LogP contribution in [0.5, 0.6) is 5.75 Å². The zero-order chi connectivity index (χ0) is 17.9. The average Bonchev–Trinajstić information content (AvgIpc) is 2.88. The van der Waals surface area contributed by atoms with Gasteiger partial charge in [0.25, 0.3) is 5.91 Å². The number of benzene rings is 1. The monoisotopic (exact) mass is 351 g/mol. The first kappa shape index (κ1) is 18.5. The van der Waals surface area contributed by atoms with Gasteiger partial charge in [-0.3, -0.25) is 4.79 Å². The predicted octanol–water partition coefficient (Wildman–Crippen LogP) is 2.15. The summed E-state index contributed by atoms with van der Waals surface area (Å²) >= 11 is 0. The van der Waals surface area contributed by atoms with Crippen molar-refractivity contribution in [2.75, 3.05) is 19.7 Å². The second-order valence-corrected chi connectivity index (χ2v) is 5.23. The van der Waals surface area contributed by atoms with Crippen molar-refractivity contribution in [1.29, 1.82) is 0 Å². The van der Waals surface area contributed by atoms with Crippen molar-refractivity contribution in [2.24, 2.45) is 0 Å². The third kappa shape index (κ3) is 3.96. The Kier molecular flexibility index (Phi) is 5.66. The SMILES string of the molecule is CCOC1CN(C(=O)c2ccccc2OC(F)(F)C(F)F)CC1O. The van der Waals surface area contributed by atoms with E-state index < -0.39 is 36.4 Å². The van der Waals surface area contributed by atoms with Crippen LogP contribution in [0, 0.1) is 0 Å². The van der Waals surface area contributed by atoms with E-state index in [0.29, 0.717) is 6.61 Å². The van der Waals surface area contributed by atoms with Gasteiger partial charge in [-0.15, -0.1) is 0 Å². The number of carbonyl (C=O) groups is 1. The Morgan fingerprint density at radius 3 is 2.67 bits per heavy atom. The third-order valence-corrected chi connectivity index (χ3v) is 3.52. The number of aliphatic hydroxyl groups excluding tert-OH is 1. The first-order valence-electron chi connectivity index (χ1n) is 7.29. The molecule has 1 N–H and O–H groups in total. The number of nitrogens with zero attached hydrogens (tertiary/aromatic N) is 1. The summed E-state index contributed by atoms with van der Waals surface area (Å²) in [6.45, 7) is 2.08. The summed E-state index contributed by atoms with van der Waals surface area (Å²) in [7, 11) is 0. The number of carbonyl (C=O) groups excluding carboxylic acids is 1. The Balaban J connectivity index is 2.19. The van der Waals surface area contributed by atoms with E-state index in [0.717, 1.165) is 6.07 Å². The molecule has 1 aromatic rings. The molecule has 1 fully saturated rings. The Bertz CT molecular complexity index is 584. The minimum atomic E-state index is -4.71. The lowest BCUT2D eigenvalue weighted by molar-refractivity contribution is -0.253. The molecule has 24 heavy (non-hydrogen) atoms. The lowest BCUT2D eigenvalue weighted by Crippen LogP contribution is -2.35. The second kappa shape index (κ2) is 7.35. The third-order valence-electron chi connectivity index (χ3n) is 3.52. The van der Waals surface area contributed by atoms with Crippen LogP contribution in [-0.2, 0) is 4.74 Å². The fourth-order valence-corrected chi connectivity index (χ4v) is 2.39. The molecule has 1 amide bonds. The molecule has 0 radical (unpaired) electrons. The smallest absolute Gasteiger partial charge is 0.427 e. The molecule has 0 aromatic heterocycles. The molecule has 2 rings (SSSR count). The van der Waals surface area contributed by atoms with Crippen molar-refractivity contribution in [3.05, 3.63) is 29.8 Å². The predicted molar refractivity (Wildman–Crippen MR) is 75.3 cm³/mol. The van der Waals surface area contributed by atoms with Gasteiger partial charge in [0, 0.05) is 19.7 Å². The molecule has 0 saturated carbocycles. The molecule has 134 valence electrons. The number of para-hydroxylation sites is 1. The summed E-state index contributed by atoms with van der Waals surface area (Å²) in [6, 6.07) is 4.89. The summed E-state index contributed by atoms with van der Waals surface area (Å²) < 4.78 is 60.2. The maximum Gasteiger partial charge on any atom is 0.461 e. The van der Waals surface area contributed by atoms with Gasteiger partial charge in [0.15, 0.2) is 0 Å². The number of aliphatic hydroxyl groups is 1. The second-order valence-electron chi connectivity index (χ2n) is 5.23. The summed E-state index contributed by atoms with van der Waals surface area (Å²) in [5, 5.41) is 9.85. The maximum absolute atomic E-state index is 13.1. The summed E-state index contributed by atoms with van der Waals surface area (Å²) in [4.78, 5) is 13.7. The van der Waals surface area contributed by atoms with Gasteiger partial charge in [-0.1, -0.05) is 12.1 Å². The van der Waals surface area contributed by atoms with Gasteiger partial charge in [-0.2, -0.15) is 17.6 Å². The average molecular weight is 351 g/mol. The molecule has 5 nitrogen and oxygen atoms in total. The van der Waals surface area contributed by atoms with Crippen LogP contribution >= 0.6 is 0 Å². The van der Waals surface area contributed by atoms with Crippen molar-refractivity contribution in [3.63, 3.8) is 0 Å². The number of hydrogen-bond acceptors (Lipinski definition) is 4. The number of halogens is 4. The molecule has 2 unspecified atom stereocenters. The largest absolute Gasteiger partial charge is 0.461 e. The van der Waals surface area contributed by atoms with E-state index in [1.54, 1.807) is 6.92 Å². The standard InChI is InChI=1S/C15H17F4NO4/c1-2-23-12-8-20(7-10(12)21)13(22)9-5-3-4-6-11(9)24-15(18,19)14(16)17/h3-6,10,12,14,21H,2,7-8H2,1H3. The lowest BCUT2D eigenvalue weighted by Gasteiger charge is -2.21. The number of likely N-dealkylation sites (tertiary alicyclic amines) is 1. The number of ether oxygens (including phenoxy) is 2. The number of alkyl halides is 4. The maximum atomic E-state index is 13.1. The molecule has 1 aromatic carbocycles. The number of β-amino-alcohol motifs (C(OH)–C–C–N with tert-alkyl or cyclic N) is 1. The molecule has 1 aliphatic heterocycles. The van der Waals surface area contributed by atoms with E-state index in [4.69, 9.17) is 4.74 Å². The minimum absolute atomic E-state index is 0.0525. The Morgan fingerprint density at radius 1 is 1.38 bits per heavy atom. The van der Waals surface area contributed by atoms with Gasteiger partial charge < -0.3 is 19.5 Å². The first-order chi connectivity index (χ1) is 11.3. The van der Waals surface area contributed by atoms with Gasteiger partial charge in [0.1, 0.15) is 11.9 Å². The molecule has 1 heterocycles. The minimum Gasteiger partial charge on any atom is -0.427 e. The van der Waals surface area contributed by atoms with Crippen molar-refractivity contribution in [2.45, 2.75) is 31.7 Å². The molecule has 0 aliphatic carbocycles. The fourth-order valence-electron chi connectivity index (χ4n) is 2.39. The number of hydrogen-bond donors (Lipinski definition) is 1. The van der Waals surface area contributed by atoms with Crippen LogP contribution in [0.25, 0.3) is 0 Å². The zero-order valence-corrected chi connectivity index (χ0v) is 12.8. The lowest BCUT2D eigenvalue weighted by atomic mass is 10.1. The summed E-state index contributed by atoms with van der Waals surface area (Å²) in [5.74, 6) is -1.36. The van der Waals surface area contributed by atoms with Gasteiger partial charge in [0.05, 0.1) is 11.7 Å². The molecule has 1 aliphatic rings. The van der Waals surface area contributed by atoms with E-state index in [1.165, 1.54) is 23.1 Å². The molecule has 1 saturated heterocycles. The van der Waals surface area contributed by atoms with E-state index in [9.17, 15) is 27.5 Å². The summed E-state index contributed by atoms with van der Waals surface area (Å²) in [5.41, 5.74) is -0.290. The van der Waals surface area contributed by atoms with E-state index in [-0.39, 0.29) is 18.7 Å². The number of rotatable bonds is 6. The van der Waals surface area contributed by atoms with Crippen molar-refractivity contribution >= 4 is 5.91 Å². The summed E-state index contributed by atoms with van der Waals surface area (Å²) in [6.07, 6.45) is -10.2. The molecule has 9 heteroatoms. The zero-order valence-electron chi connectivity index (χ0n) is 12.8. The van der Waals surface area contributed by atoms with Gasteiger partial charge in [-0.05, 0) is 19.1 Å². The van der Waals surface area contributed by atoms with E-state index >= 15 is 0 Å². The number of amides is 1. The van der Waals surface area contributed by atoms with Crippen molar-refractivity contribution < 1.29 is 36.9 Å². The van der Waals surface area contributed by atoms with Crippen LogP contribution in [0.2, 0.25) is 0 Å². The van der Waals surface area contributed by atoms with Crippen molar-refractivity contribution in [3.8, 4) is 5.75 Å². The first-order valence-corrected chi connectivity index (χ1v) is 7.29. The van der Waals surface area contributed by atoms with Crippen LogP contribution < -0.4 is 4.74 Å². The molecule has 0 spiro atoms. The molecular weight excluding hydrogens is 334 g/mol. The van der Waals surface area contributed by atoms with Crippen LogP contribution in [-0.4, -0.2) is 60.4 Å². The molecule has 0 bridgehead atoms. The van der Waals surface area contributed by atoms with Crippen LogP contribution in [0.4, 0.5) is 17.6 Å². The van der Waals surface area contributed by atoms with E-state index in [1.807, 2.05) is 0 Å². The van der Waals surface area contributed by atoms with Crippen LogP contribution in [0.1, 0.15) is 17.3 Å². The molecule has 2 atom stereocenters. The molecular formula is C15H17F4NO4. The fraction of sp³-hybridized carbons (Fsp3) is 0.533. The Morgan fingerprint density at radius 2 is 2.04 bits per heavy atom. The van der Waals surface area contributed by atoms with Crippen LogP contribution in [0.3, 0.4) is 0 Å². The van der Waals surface area contributed by atoms with Crippen LogP contribution in [0.15, 0.2) is 24.3 Å². The topological polar surface area (TPSA) is 59.0 Å². The van der Waals surface area contributed by atoms with E-state index in [2.05, 4.69) is 4.74 Å². The van der Waals surface area contributed by atoms with Gasteiger partial charge in [0.2, 0.25) is 0 Å². The highest BCUT2D eigenvalue weighted by molar-refractivity contribution is 5.97. The highest BCUT2D eigenvalue weighted by Crippen LogP contribution is 2.31. The van der Waals surface area contributed by atoms with Crippen molar-refractivity contribution in [1.82, 2.24) is 4.90 Å². The Hall–Kier alpha value is -1.87. The highest BCUT2D eigenvalue weighted by atomic mass is 19.3. The Labute approximate surface area is 135 Å². The quantitative estimate of drug-likeness (QED) is 0.798.